The maximum absolute atomic E-state index is 12.9. The van der Waals surface area contributed by atoms with Crippen LogP contribution in [0.1, 0.15) is 30.5 Å². The Labute approximate surface area is 167 Å². The third-order valence-corrected chi connectivity index (χ3v) is 4.83. The number of para-hydroxylation sites is 1. The zero-order chi connectivity index (χ0) is 21.1. The van der Waals surface area contributed by atoms with Crippen LogP contribution in [0.25, 0.3) is 0 Å². The molecule has 1 atom stereocenters. The molecule has 150 valence electrons. The minimum absolute atomic E-state index is 0.0246. The van der Waals surface area contributed by atoms with E-state index in [1.165, 1.54) is 12.0 Å². The minimum atomic E-state index is -0.961. The summed E-state index contributed by atoms with van der Waals surface area (Å²) >= 11 is 0. The Morgan fingerprint density at radius 1 is 1.10 bits per heavy atom. The van der Waals surface area contributed by atoms with Gasteiger partial charge < -0.3 is 14.9 Å². The second kappa shape index (κ2) is 8.18. The molecule has 0 bridgehead atoms. The van der Waals surface area contributed by atoms with Crippen molar-refractivity contribution < 1.29 is 29.3 Å². The maximum atomic E-state index is 12.9. The number of carbonyl (C=O) groups is 3. The topological polar surface area (TPSA) is 104 Å². The van der Waals surface area contributed by atoms with E-state index < -0.39 is 23.7 Å². The van der Waals surface area contributed by atoms with E-state index in [0.29, 0.717) is 22.6 Å². The van der Waals surface area contributed by atoms with Gasteiger partial charge in [0, 0.05) is 17.7 Å². The van der Waals surface area contributed by atoms with Gasteiger partial charge in [0.1, 0.15) is 5.75 Å². The van der Waals surface area contributed by atoms with Gasteiger partial charge in [0.05, 0.1) is 25.1 Å². The summed E-state index contributed by atoms with van der Waals surface area (Å²) in [7, 11) is 1.49. The number of aliphatic carboxylic acids is 1. The van der Waals surface area contributed by atoms with E-state index in [1.54, 1.807) is 55.5 Å². The molecule has 0 radical (unpaired) electrons. The van der Waals surface area contributed by atoms with Crippen LogP contribution < -0.4 is 9.64 Å². The number of carboxylic acid groups (broad SMARTS) is 1. The van der Waals surface area contributed by atoms with Gasteiger partial charge in [0.25, 0.3) is 5.91 Å². The van der Waals surface area contributed by atoms with Crippen LogP contribution in [0.3, 0.4) is 0 Å². The van der Waals surface area contributed by atoms with Gasteiger partial charge in [-0.1, -0.05) is 37.3 Å². The Kier molecular flexibility index (Phi) is 5.68. The van der Waals surface area contributed by atoms with Crippen molar-refractivity contribution in [3.63, 3.8) is 0 Å². The van der Waals surface area contributed by atoms with Crippen molar-refractivity contribution in [1.29, 1.82) is 0 Å². The van der Waals surface area contributed by atoms with E-state index in [4.69, 9.17) is 9.84 Å². The van der Waals surface area contributed by atoms with Crippen LogP contribution >= 0.6 is 0 Å². The van der Waals surface area contributed by atoms with Crippen molar-refractivity contribution in [2.75, 3.05) is 12.0 Å². The van der Waals surface area contributed by atoms with Gasteiger partial charge in [0.2, 0.25) is 0 Å². The van der Waals surface area contributed by atoms with Crippen LogP contribution in [0.2, 0.25) is 0 Å². The number of nitrogens with zero attached hydrogens (tertiary/aromatic N) is 1. The summed E-state index contributed by atoms with van der Waals surface area (Å²) in [6.45, 7) is 1.66. The first-order valence-corrected chi connectivity index (χ1v) is 9.12. The van der Waals surface area contributed by atoms with E-state index in [0.717, 1.165) is 0 Å². The summed E-state index contributed by atoms with van der Waals surface area (Å²) in [6, 6.07) is 12.6. The smallest absolute Gasteiger partial charge is 0.307 e. The van der Waals surface area contributed by atoms with Crippen LogP contribution in [-0.2, 0) is 20.8 Å². The second-order valence-electron chi connectivity index (χ2n) is 6.60. The minimum Gasteiger partial charge on any atom is -0.503 e. The highest BCUT2D eigenvalue weighted by Crippen LogP contribution is 2.44. The molecule has 29 heavy (non-hydrogen) atoms. The van der Waals surface area contributed by atoms with E-state index in [1.807, 2.05) is 0 Å². The number of hydrogen-bond acceptors (Lipinski definition) is 5. The number of carbonyl (C=O) groups excluding carboxylic acids is 2. The summed E-state index contributed by atoms with van der Waals surface area (Å²) in [5, 5.41) is 19.4. The Morgan fingerprint density at radius 3 is 2.34 bits per heavy atom. The molecular formula is C22H21NO6. The second-order valence-corrected chi connectivity index (χ2v) is 6.60. The van der Waals surface area contributed by atoms with E-state index in [2.05, 4.69) is 0 Å². The lowest BCUT2D eigenvalue weighted by atomic mass is 9.94. The van der Waals surface area contributed by atoms with E-state index >= 15 is 0 Å². The Hall–Kier alpha value is -3.61. The molecule has 0 aromatic heterocycles. The highest BCUT2D eigenvalue weighted by atomic mass is 16.5. The first kappa shape index (κ1) is 20.1. The average molecular weight is 395 g/mol. The number of carboxylic acids is 1. The zero-order valence-electron chi connectivity index (χ0n) is 16.1. The number of benzene rings is 2. The third kappa shape index (κ3) is 3.71. The fourth-order valence-electron chi connectivity index (χ4n) is 3.48. The molecule has 1 heterocycles. The largest absolute Gasteiger partial charge is 0.503 e. The van der Waals surface area contributed by atoms with E-state index in [9.17, 15) is 19.5 Å². The molecule has 2 aromatic rings. The number of aliphatic hydroxyl groups excluding tert-OH is 1. The predicted octanol–water partition coefficient (Wildman–Crippen LogP) is 3.20. The Bertz CT molecular complexity index is 993. The first-order chi connectivity index (χ1) is 13.9. The van der Waals surface area contributed by atoms with Gasteiger partial charge in [-0.15, -0.1) is 0 Å². The highest BCUT2D eigenvalue weighted by Gasteiger charge is 2.44. The highest BCUT2D eigenvalue weighted by molar-refractivity contribution is 6.16. The number of ether oxygens (including phenoxy) is 1. The fraction of sp³-hybridized carbons (Fsp3) is 0.227. The normalized spacial score (nSPS) is 16.3. The summed E-state index contributed by atoms with van der Waals surface area (Å²) < 4.78 is 5.42. The molecule has 1 aliphatic heterocycles. The van der Waals surface area contributed by atoms with Crippen molar-refractivity contribution in [3.8, 4) is 5.75 Å². The molecule has 2 aromatic carbocycles. The number of aliphatic hydroxyl groups is 1. The van der Waals surface area contributed by atoms with Crippen LogP contribution in [0.4, 0.5) is 5.69 Å². The van der Waals surface area contributed by atoms with Gasteiger partial charge in [-0.25, -0.2) is 0 Å². The molecule has 1 amide bonds. The van der Waals surface area contributed by atoms with Crippen LogP contribution in [0.15, 0.2) is 59.9 Å². The molecule has 0 fully saturated rings. The number of amides is 1. The number of methoxy groups -OCH3 is 1. The summed E-state index contributed by atoms with van der Waals surface area (Å²) in [4.78, 5) is 37.8. The third-order valence-electron chi connectivity index (χ3n) is 4.83. The number of rotatable bonds is 7. The molecule has 2 N–H and O–H groups in total. The van der Waals surface area contributed by atoms with Crippen molar-refractivity contribution >= 4 is 23.3 Å². The lowest BCUT2D eigenvalue weighted by Crippen LogP contribution is -2.31. The quantitative estimate of drug-likeness (QED) is 0.746. The van der Waals surface area contributed by atoms with Crippen molar-refractivity contribution in [2.24, 2.45) is 0 Å². The summed E-state index contributed by atoms with van der Waals surface area (Å²) in [5.41, 5.74) is 1.60. The fourth-order valence-corrected chi connectivity index (χ4v) is 3.48. The molecule has 0 spiro atoms. The van der Waals surface area contributed by atoms with Crippen molar-refractivity contribution in [2.45, 2.75) is 25.8 Å². The number of anilines is 1. The Morgan fingerprint density at radius 2 is 1.76 bits per heavy atom. The van der Waals surface area contributed by atoms with Crippen LogP contribution in [0, 0.1) is 0 Å². The SMILES string of the molecule is CCC(=O)C1=C(O)C(=O)N(c2ccc(CC(=O)O)cc2)C1c1ccccc1OC. The van der Waals surface area contributed by atoms with Crippen LogP contribution in [-0.4, -0.2) is 35.0 Å². The molecule has 7 heteroatoms. The summed E-state index contributed by atoms with van der Waals surface area (Å²) in [6.07, 6.45) is -0.0169. The van der Waals surface area contributed by atoms with Crippen molar-refractivity contribution in [1.82, 2.24) is 0 Å². The molecule has 1 unspecified atom stereocenters. The van der Waals surface area contributed by atoms with Crippen LogP contribution in [0.5, 0.6) is 5.75 Å². The standard InChI is InChI=1S/C22H21NO6/c1-3-16(24)19-20(15-6-4-5-7-17(15)29-2)23(22(28)21(19)27)14-10-8-13(9-11-14)12-18(25)26/h4-11,20,27H,3,12H2,1-2H3,(H,25,26). The molecule has 0 saturated heterocycles. The summed E-state index contributed by atoms with van der Waals surface area (Å²) in [5.74, 6) is -2.09. The first-order valence-electron chi connectivity index (χ1n) is 9.12. The monoisotopic (exact) mass is 395 g/mol. The predicted molar refractivity (Wildman–Crippen MR) is 106 cm³/mol. The maximum Gasteiger partial charge on any atom is 0.307 e. The molecule has 3 rings (SSSR count). The van der Waals surface area contributed by atoms with Crippen molar-refractivity contribution in [3.05, 3.63) is 71.0 Å². The average Bonchev–Trinajstić information content (AvgIpc) is 2.98. The van der Waals surface area contributed by atoms with Gasteiger partial charge >= 0.3 is 5.97 Å². The van der Waals surface area contributed by atoms with Gasteiger partial charge in [0.15, 0.2) is 11.5 Å². The number of ketones is 1. The van der Waals surface area contributed by atoms with Gasteiger partial charge in [-0.2, -0.15) is 0 Å². The lowest BCUT2D eigenvalue weighted by molar-refractivity contribution is -0.136. The molecular weight excluding hydrogens is 374 g/mol. The van der Waals surface area contributed by atoms with Gasteiger partial charge in [-0.05, 0) is 23.8 Å². The Balaban J connectivity index is 2.13. The number of hydrogen-bond donors (Lipinski definition) is 2. The molecule has 7 nitrogen and oxygen atoms in total. The van der Waals surface area contributed by atoms with E-state index in [-0.39, 0.29) is 24.2 Å². The molecule has 0 saturated carbocycles. The zero-order valence-corrected chi connectivity index (χ0v) is 16.1. The lowest BCUT2D eigenvalue weighted by Gasteiger charge is -2.28. The molecule has 0 aliphatic carbocycles. The van der Waals surface area contributed by atoms with Gasteiger partial charge in [-0.3, -0.25) is 19.3 Å². The molecule has 1 aliphatic rings. The number of Topliss-reactive ketones (excluding diaryl/α,β-unsaturated/α-hetero) is 1.